The fourth-order valence-corrected chi connectivity index (χ4v) is 1.68. The molecular weight excluding hydrogens is 231 g/mol. The van der Waals surface area contributed by atoms with Gasteiger partial charge in [-0.3, -0.25) is 4.79 Å². The largest absolute Gasteiger partial charge is 0.416 e. The molecule has 0 saturated heterocycles. The monoisotopic (exact) mass is 245 g/mol. The zero-order valence-electron chi connectivity index (χ0n) is 9.88. The number of halogens is 3. The zero-order chi connectivity index (χ0) is 13.2. The molecule has 0 fully saturated rings. The number of hydrogen-bond donors (Lipinski definition) is 0. The molecule has 94 valence electrons. The molecule has 0 unspecified atom stereocenters. The fourth-order valence-electron chi connectivity index (χ4n) is 1.68. The first-order chi connectivity index (χ1) is 7.73. The van der Waals surface area contributed by atoms with Crippen molar-refractivity contribution in [1.82, 2.24) is 0 Å². The van der Waals surface area contributed by atoms with E-state index in [1.54, 1.807) is 13.8 Å². The van der Waals surface area contributed by atoms with Gasteiger partial charge >= 0.3 is 6.18 Å². The molecule has 0 atom stereocenters. The Balaban J connectivity index is 3.18. The van der Waals surface area contributed by atoms with Crippen molar-refractivity contribution in [3.63, 3.8) is 0 Å². The Morgan fingerprint density at radius 1 is 1.29 bits per heavy atom. The lowest BCUT2D eigenvalue weighted by Gasteiger charge is -2.26. The molecule has 1 aromatic carbocycles. The molecule has 0 bridgehead atoms. The topological polar surface area (TPSA) is 20.3 Å². The van der Waals surface area contributed by atoms with Gasteiger partial charge in [0.2, 0.25) is 5.91 Å². The van der Waals surface area contributed by atoms with Crippen molar-refractivity contribution in [2.24, 2.45) is 0 Å². The van der Waals surface area contributed by atoms with E-state index < -0.39 is 11.7 Å². The Kier molecular flexibility index (Phi) is 3.80. The summed E-state index contributed by atoms with van der Waals surface area (Å²) in [5, 5.41) is 0. The van der Waals surface area contributed by atoms with E-state index in [1.165, 1.54) is 24.0 Å². The highest BCUT2D eigenvalue weighted by Gasteiger charge is 2.31. The molecule has 2 nitrogen and oxygen atoms in total. The van der Waals surface area contributed by atoms with Crippen molar-refractivity contribution >= 4 is 11.6 Å². The van der Waals surface area contributed by atoms with Gasteiger partial charge in [-0.15, -0.1) is 0 Å². The number of benzene rings is 1. The average molecular weight is 245 g/mol. The van der Waals surface area contributed by atoms with Crippen molar-refractivity contribution < 1.29 is 18.0 Å². The minimum atomic E-state index is -4.39. The molecule has 17 heavy (non-hydrogen) atoms. The molecule has 5 heteroatoms. The lowest BCUT2D eigenvalue weighted by Crippen LogP contribution is -2.35. The summed E-state index contributed by atoms with van der Waals surface area (Å²) in [4.78, 5) is 12.7. The summed E-state index contributed by atoms with van der Waals surface area (Å²) in [6.45, 7) is 4.84. The van der Waals surface area contributed by atoms with Gasteiger partial charge < -0.3 is 4.90 Å². The number of carbonyl (C=O) groups is 1. The summed E-state index contributed by atoms with van der Waals surface area (Å²) in [5.41, 5.74) is -0.482. The molecule has 0 aliphatic carbocycles. The minimum absolute atomic E-state index is 0.184. The highest BCUT2D eigenvalue weighted by molar-refractivity contribution is 5.92. The molecule has 0 aromatic heterocycles. The Hall–Kier alpha value is -1.52. The number of carbonyl (C=O) groups excluding carboxylic acids is 1. The van der Waals surface area contributed by atoms with Crippen LogP contribution in [0.2, 0.25) is 0 Å². The third-order valence-corrected chi connectivity index (χ3v) is 2.31. The second-order valence-electron chi connectivity index (χ2n) is 4.03. The molecule has 0 spiro atoms. The number of nitrogens with zero attached hydrogens (tertiary/aromatic N) is 1. The molecule has 1 rings (SSSR count). The van der Waals surface area contributed by atoms with Gasteiger partial charge in [0.1, 0.15) is 0 Å². The van der Waals surface area contributed by atoms with Crippen LogP contribution in [0.5, 0.6) is 0 Å². The third-order valence-electron chi connectivity index (χ3n) is 2.31. The molecule has 0 aliphatic rings. The van der Waals surface area contributed by atoms with E-state index in [9.17, 15) is 18.0 Å². The zero-order valence-corrected chi connectivity index (χ0v) is 9.88. The summed E-state index contributed by atoms with van der Waals surface area (Å²) in [6.07, 6.45) is -4.39. The molecule has 0 radical (unpaired) electrons. The van der Waals surface area contributed by atoms with E-state index in [0.717, 1.165) is 12.1 Å². The minimum Gasteiger partial charge on any atom is -0.310 e. The second-order valence-corrected chi connectivity index (χ2v) is 4.03. The van der Waals surface area contributed by atoms with Crippen LogP contribution in [-0.4, -0.2) is 11.9 Å². The maximum atomic E-state index is 12.5. The van der Waals surface area contributed by atoms with E-state index in [2.05, 4.69) is 0 Å². The summed E-state index contributed by atoms with van der Waals surface area (Å²) < 4.78 is 37.6. The normalized spacial score (nSPS) is 11.7. The van der Waals surface area contributed by atoms with Crippen molar-refractivity contribution in [1.29, 1.82) is 0 Å². The number of amides is 1. The maximum absolute atomic E-state index is 12.5. The molecule has 1 aromatic rings. The van der Waals surface area contributed by atoms with E-state index in [4.69, 9.17) is 0 Å². The molecule has 0 saturated carbocycles. The third kappa shape index (κ3) is 3.22. The van der Waals surface area contributed by atoms with Gasteiger partial charge in [-0.2, -0.15) is 13.2 Å². The summed E-state index contributed by atoms with van der Waals surface area (Å²) in [7, 11) is 0. The fraction of sp³-hybridized carbons (Fsp3) is 0.417. The smallest absolute Gasteiger partial charge is 0.310 e. The highest BCUT2D eigenvalue weighted by Crippen LogP contribution is 2.32. The summed E-state index contributed by atoms with van der Waals surface area (Å²) in [5.74, 6) is -0.278. The number of rotatable bonds is 2. The molecular formula is C12H14F3NO. The molecule has 0 N–H and O–H groups in total. The first-order valence-corrected chi connectivity index (χ1v) is 5.20. The number of anilines is 1. The summed E-state index contributed by atoms with van der Waals surface area (Å²) in [6, 6.07) is 4.59. The van der Waals surface area contributed by atoms with Crippen LogP contribution in [0.3, 0.4) is 0 Å². The number of alkyl halides is 3. The maximum Gasteiger partial charge on any atom is 0.416 e. The predicted molar refractivity (Wildman–Crippen MR) is 59.7 cm³/mol. The van der Waals surface area contributed by atoms with Gasteiger partial charge in [-0.25, -0.2) is 0 Å². The Bertz CT molecular complexity index is 412. The second kappa shape index (κ2) is 4.77. The van der Waals surface area contributed by atoms with E-state index >= 15 is 0 Å². The Labute approximate surface area is 98.0 Å². The quantitative estimate of drug-likeness (QED) is 0.781. The first-order valence-electron chi connectivity index (χ1n) is 5.20. The van der Waals surface area contributed by atoms with Crippen molar-refractivity contribution in [2.75, 3.05) is 4.90 Å². The molecule has 0 heterocycles. The van der Waals surface area contributed by atoms with Gasteiger partial charge in [0.15, 0.2) is 0 Å². The van der Waals surface area contributed by atoms with Gasteiger partial charge in [-0.05, 0) is 32.0 Å². The summed E-state index contributed by atoms with van der Waals surface area (Å²) >= 11 is 0. The highest BCUT2D eigenvalue weighted by atomic mass is 19.4. The Morgan fingerprint density at radius 2 is 1.88 bits per heavy atom. The van der Waals surface area contributed by atoms with Crippen LogP contribution in [0.4, 0.5) is 18.9 Å². The lowest BCUT2D eigenvalue weighted by atomic mass is 10.1. The van der Waals surface area contributed by atoms with Crippen LogP contribution in [-0.2, 0) is 11.0 Å². The number of hydrogen-bond acceptors (Lipinski definition) is 1. The van der Waals surface area contributed by atoms with Gasteiger partial charge in [0, 0.05) is 18.7 Å². The van der Waals surface area contributed by atoms with Crippen LogP contribution in [0.25, 0.3) is 0 Å². The SMILES string of the molecule is CC(=O)N(c1cccc(C(F)(F)F)c1)C(C)C. The lowest BCUT2D eigenvalue weighted by molar-refractivity contribution is -0.137. The van der Waals surface area contributed by atoms with Gasteiger partial charge in [-0.1, -0.05) is 6.07 Å². The van der Waals surface area contributed by atoms with Crippen LogP contribution in [0.15, 0.2) is 24.3 Å². The van der Waals surface area contributed by atoms with E-state index in [1.807, 2.05) is 0 Å². The van der Waals surface area contributed by atoms with E-state index in [-0.39, 0.29) is 17.6 Å². The van der Waals surface area contributed by atoms with Crippen molar-refractivity contribution in [3.05, 3.63) is 29.8 Å². The van der Waals surface area contributed by atoms with Crippen LogP contribution >= 0.6 is 0 Å². The van der Waals surface area contributed by atoms with Gasteiger partial charge in [0.25, 0.3) is 0 Å². The van der Waals surface area contributed by atoms with Gasteiger partial charge in [0.05, 0.1) is 5.56 Å². The molecule has 0 aliphatic heterocycles. The van der Waals surface area contributed by atoms with Crippen LogP contribution in [0, 0.1) is 0 Å². The van der Waals surface area contributed by atoms with E-state index in [0.29, 0.717) is 0 Å². The standard InChI is InChI=1S/C12H14F3NO/c1-8(2)16(9(3)17)11-6-4-5-10(7-11)12(13,14)15/h4-8H,1-3H3. The average Bonchev–Trinajstić information content (AvgIpc) is 2.15. The Morgan fingerprint density at radius 3 is 2.29 bits per heavy atom. The van der Waals surface area contributed by atoms with Crippen molar-refractivity contribution in [3.8, 4) is 0 Å². The molecule has 1 amide bonds. The predicted octanol–water partition coefficient (Wildman–Crippen LogP) is 3.47. The van der Waals surface area contributed by atoms with Crippen LogP contribution < -0.4 is 4.90 Å². The van der Waals surface area contributed by atoms with Crippen LogP contribution in [0.1, 0.15) is 26.3 Å². The van der Waals surface area contributed by atoms with Crippen molar-refractivity contribution in [2.45, 2.75) is 33.0 Å². The first kappa shape index (κ1) is 13.5.